The third-order valence-corrected chi connectivity index (χ3v) is 3.89. The maximum atomic E-state index is 5.61. The van der Waals surface area contributed by atoms with Crippen LogP contribution in [0.3, 0.4) is 0 Å². The molecule has 0 amide bonds. The van der Waals surface area contributed by atoms with Crippen molar-refractivity contribution >= 4 is 6.01 Å². The second-order valence-electron chi connectivity index (χ2n) is 5.64. The highest BCUT2D eigenvalue weighted by Crippen LogP contribution is 2.39. The monoisotopic (exact) mass is 235 g/mol. The average molecular weight is 235 g/mol. The minimum atomic E-state index is 0.484. The molecule has 1 aromatic rings. The molecule has 2 fully saturated rings. The van der Waals surface area contributed by atoms with Crippen LogP contribution in [-0.4, -0.2) is 23.6 Å². The molecule has 1 N–H and O–H groups in total. The molecule has 0 spiro atoms. The van der Waals surface area contributed by atoms with E-state index in [1.165, 1.54) is 19.3 Å². The minimum Gasteiger partial charge on any atom is -0.432 e. The fourth-order valence-electron chi connectivity index (χ4n) is 2.98. The Morgan fingerprint density at radius 2 is 2.41 bits per heavy atom. The average Bonchev–Trinajstić information content (AvgIpc) is 3.01. The Morgan fingerprint density at radius 3 is 3.06 bits per heavy atom. The lowest BCUT2D eigenvalue weighted by Gasteiger charge is -2.24. The third kappa shape index (κ3) is 2.18. The Balaban J connectivity index is 1.64. The second kappa shape index (κ2) is 4.33. The van der Waals surface area contributed by atoms with Crippen molar-refractivity contribution in [2.24, 2.45) is 5.92 Å². The number of aromatic nitrogens is 1. The summed E-state index contributed by atoms with van der Waals surface area (Å²) in [5.41, 5.74) is 1.01. The van der Waals surface area contributed by atoms with Gasteiger partial charge in [-0.1, -0.05) is 13.8 Å². The summed E-state index contributed by atoms with van der Waals surface area (Å²) in [4.78, 5) is 6.93. The molecule has 94 valence electrons. The first-order chi connectivity index (χ1) is 8.22. The standard InChI is InChI=1S/C13H21N3O/c1-9(2)14-6-11-8-17-13(15-11)16-7-10-3-4-12(16)5-10/h8-10,12,14H,3-7H2,1-2H3. The summed E-state index contributed by atoms with van der Waals surface area (Å²) in [5.74, 6) is 0.879. The van der Waals surface area contributed by atoms with Crippen LogP contribution in [-0.2, 0) is 6.54 Å². The normalized spacial score (nSPS) is 27.4. The van der Waals surface area contributed by atoms with Gasteiger partial charge < -0.3 is 14.6 Å². The van der Waals surface area contributed by atoms with Gasteiger partial charge in [-0.15, -0.1) is 0 Å². The Hall–Kier alpha value is -1.03. The van der Waals surface area contributed by atoms with Gasteiger partial charge in [0, 0.05) is 25.2 Å². The molecule has 1 aliphatic carbocycles. The van der Waals surface area contributed by atoms with Gasteiger partial charge in [0.05, 0.1) is 5.69 Å². The summed E-state index contributed by atoms with van der Waals surface area (Å²) in [7, 11) is 0. The lowest BCUT2D eigenvalue weighted by molar-refractivity contribution is 0.484. The molecule has 0 radical (unpaired) electrons. The molecule has 2 atom stereocenters. The van der Waals surface area contributed by atoms with Gasteiger partial charge in [0.2, 0.25) is 0 Å². The zero-order valence-electron chi connectivity index (χ0n) is 10.6. The third-order valence-electron chi connectivity index (χ3n) is 3.89. The van der Waals surface area contributed by atoms with E-state index in [2.05, 4.69) is 29.0 Å². The summed E-state index contributed by atoms with van der Waals surface area (Å²) in [6, 6.07) is 2.00. The Kier molecular flexibility index (Phi) is 2.82. The molecular formula is C13H21N3O. The van der Waals surface area contributed by atoms with E-state index in [1.807, 2.05) is 0 Å². The van der Waals surface area contributed by atoms with Crippen molar-refractivity contribution in [3.63, 3.8) is 0 Å². The lowest BCUT2D eigenvalue weighted by atomic mass is 10.1. The quantitative estimate of drug-likeness (QED) is 0.868. The van der Waals surface area contributed by atoms with Crippen molar-refractivity contribution in [3.8, 4) is 0 Å². The van der Waals surface area contributed by atoms with Crippen molar-refractivity contribution in [3.05, 3.63) is 12.0 Å². The molecule has 0 aromatic carbocycles. The summed E-state index contributed by atoms with van der Waals surface area (Å²) >= 11 is 0. The fraction of sp³-hybridized carbons (Fsp3) is 0.769. The number of rotatable bonds is 4. The fourth-order valence-corrected chi connectivity index (χ4v) is 2.98. The first kappa shape index (κ1) is 11.1. The Morgan fingerprint density at radius 1 is 1.53 bits per heavy atom. The predicted octanol–water partition coefficient (Wildman–Crippen LogP) is 2.16. The van der Waals surface area contributed by atoms with E-state index in [0.717, 1.165) is 30.7 Å². The van der Waals surface area contributed by atoms with E-state index in [1.54, 1.807) is 6.26 Å². The van der Waals surface area contributed by atoms with E-state index in [9.17, 15) is 0 Å². The number of nitrogens with one attached hydrogen (secondary N) is 1. The summed E-state index contributed by atoms with van der Waals surface area (Å²) in [6.07, 6.45) is 5.83. The molecule has 2 bridgehead atoms. The summed E-state index contributed by atoms with van der Waals surface area (Å²) < 4.78 is 5.61. The van der Waals surface area contributed by atoms with Crippen molar-refractivity contribution in [2.75, 3.05) is 11.4 Å². The first-order valence-electron chi connectivity index (χ1n) is 6.67. The number of nitrogens with zero attached hydrogens (tertiary/aromatic N) is 2. The molecule has 2 heterocycles. The molecule has 1 aromatic heterocycles. The molecule has 3 rings (SSSR count). The summed E-state index contributed by atoms with van der Waals surface area (Å²) in [6.45, 7) is 6.21. The van der Waals surface area contributed by atoms with Crippen molar-refractivity contribution < 1.29 is 4.42 Å². The van der Waals surface area contributed by atoms with Crippen LogP contribution in [0.25, 0.3) is 0 Å². The molecule has 4 heteroatoms. The maximum Gasteiger partial charge on any atom is 0.297 e. The molecule has 1 aliphatic heterocycles. The van der Waals surface area contributed by atoms with Gasteiger partial charge in [-0.2, -0.15) is 4.98 Å². The van der Waals surface area contributed by atoms with Gasteiger partial charge in [0.1, 0.15) is 6.26 Å². The zero-order chi connectivity index (χ0) is 11.8. The van der Waals surface area contributed by atoms with E-state index < -0.39 is 0 Å². The first-order valence-corrected chi connectivity index (χ1v) is 6.67. The number of hydrogen-bond donors (Lipinski definition) is 1. The van der Waals surface area contributed by atoms with Crippen LogP contribution in [0.2, 0.25) is 0 Å². The van der Waals surface area contributed by atoms with E-state index >= 15 is 0 Å². The molecule has 2 unspecified atom stereocenters. The highest BCUT2D eigenvalue weighted by Gasteiger charge is 2.39. The molecule has 1 saturated carbocycles. The van der Waals surface area contributed by atoms with Gasteiger partial charge in [-0.05, 0) is 25.2 Å². The molecule has 17 heavy (non-hydrogen) atoms. The van der Waals surface area contributed by atoms with Crippen LogP contribution in [0.4, 0.5) is 6.01 Å². The highest BCUT2D eigenvalue weighted by atomic mass is 16.4. The van der Waals surface area contributed by atoms with E-state index in [4.69, 9.17) is 4.42 Å². The van der Waals surface area contributed by atoms with Crippen LogP contribution < -0.4 is 10.2 Å². The van der Waals surface area contributed by atoms with Crippen molar-refractivity contribution in [1.82, 2.24) is 10.3 Å². The zero-order valence-corrected chi connectivity index (χ0v) is 10.6. The van der Waals surface area contributed by atoms with Gasteiger partial charge in [0.25, 0.3) is 6.01 Å². The lowest BCUT2D eigenvalue weighted by Crippen LogP contribution is -2.32. The van der Waals surface area contributed by atoms with Crippen LogP contribution in [0.5, 0.6) is 0 Å². The van der Waals surface area contributed by atoms with Crippen LogP contribution in [0, 0.1) is 5.92 Å². The summed E-state index contributed by atoms with van der Waals surface area (Å²) in [5, 5.41) is 3.36. The SMILES string of the molecule is CC(C)NCc1coc(N2CC3CCC2C3)n1. The number of piperidine rings is 1. The van der Waals surface area contributed by atoms with Gasteiger partial charge in [-0.3, -0.25) is 0 Å². The smallest absolute Gasteiger partial charge is 0.297 e. The number of anilines is 1. The van der Waals surface area contributed by atoms with E-state index in [-0.39, 0.29) is 0 Å². The molecular weight excluding hydrogens is 214 g/mol. The van der Waals surface area contributed by atoms with Gasteiger partial charge in [0.15, 0.2) is 0 Å². The Labute approximate surface area is 102 Å². The molecule has 2 aliphatic rings. The van der Waals surface area contributed by atoms with E-state index in [0.29, 0.717) is 12.1 Å². The minimum absolute atomic E-state index is 0.484. The van der Waals surface area contributed by atoms with Crippen LogP contribution >= 0.6 is 0 Å². The second-order valence-corrected chi connectivity index (χ2v) is 5.64. The van der Waals surface area contributed by atoms with Crippen LogP contribution in [0.1, 0.15) is 38.8 Å². The highest BCUT2D eigenvalue weighted by molar-refractivity contribution is 5.33. The predicted molar refractivity (Wildman–Crippen MR) is 67.0 cm³/mol. The topological polar surface area (TPSA) is 41.3 Å². The number of hydrogen-bond acceptors (Lipinski definition) is 4. The van der Waals surface area contributed by atoms with Crippen molar-refractivity contribution in [2.45, 2.75) is 51.7 Å². The van der Waals surface area contributed by atoms with Crippen LogP contribution in [0.15, 0.2) is 10.7 Å². The van der Waals surface area contributed by atoms with Gasteiger partial charge in [-0.25, -0.2) is 0 Å². The van der Waals surface area contributed by atoms with Crippen molar-refractivity contribution in [1.29, 1.82) is 0 Å². The Bertz CT molecular complexity index is 388. The molecule has 1 saturated heterocycles. The largest absolute Gasteiger partial charge is 0.432 e. The number of fused-ring (bicyclic) bond motifs is 2. The van der Waals surface area contributed by atoms with Gasteiger partial charge >= 0.3 is 0 Å². The maximum absolute atomic E-state index is 5.61. The molecule has 4 nitrogen and oxygen atoms in total. The number of oxazole rings is 1.